The Morgan fingerprint density at radius 2 is 2.00 bits per heavy atom. The average Bonchev–Trinajstić information content (AvgIpc) is 2.99. The zero-order chi connectivity index (χ0) is 18.2. The molecule has 1 aromatic carbocycles. The Hall–Kier alpha value is -2.15. The molecule has 0 aliphatic heterocycles. The van der Waals surface area contributed by atoms with E-state index in [4.69, 9.17) is 11.6 Å². The molecule has 0 aliphatic rings. The second-order valence-corrected chi connectivity index (χ2v) is 7.08. The lowest BCUT2D eigenvalue weighted by Crippen LogP contribution is -2.32. The van der Waals surface area contributed by atoms with Gasteiger partial charge < -0.3 is 10.1 Å². The summed E-state index contributed by atoms with van der Waals surface area (Å²) < 4.78 is 5.37. The van der Waals surface area contributed by atoms with Crippen molar-refractivity contribution in [2.45, 2.75) is 6.54 Å². The van der Waals surface area contributed by atoms with Gasteiger partial charge in [0.05, 0.1) is 23.6 Å². The molecule has 25 heavy (non-hydrogen) atoms. The van der Waals surface area contributed by atoms with E-state index in [1.165, 1.54) is 18.4 Å². The standard InChI is InChI=1S/C18H19ClN2O3S/c1-3-10-21(11-15-8-9-16(19)25-15)12-17(22)20-14-6-4-13(5-7-14)18(23)24-2/h3-9H,1,10-12H2,2H3,(H,20,22). The summed E-state index contributed by atoms with van der Waals surface area (Å²) in [5.74, 6) is -0.556. The maximum Gasteiger partial charge on any atom is 0.337 e. The zero-order valence-electron chi connectivity index (χ0n) is 13.8. The molecule has 1 heterocycles. The molecular formula is C18H19ClN2O3S. The SMILES string of the molecule is C=CCN(CC(=O)Nc1ccc(C(=O)OC)cc1)Cc1ccc(Cl)s1. The van der Waals surface area contributed by atoms with E-state index in [1.54, 1.807) is 30.3 Å². The minimum Gasteiger partial charge on any atom is -0.465 e. The number of halogens is 1. The van der Waals surface area contributed by atoms with Crippen LogP contribution in [-0.4, -0.2) is 37.0 Å². The largest absolute Gasteiger partial charge is 0.465 e. The van der Waals surface area contributed by atoms with Crippen molar-refractivity contribution in [3.63, 3.8) is 0 Å². The Bertz CT molecular complexity index is 743. The van der Waals surface area contributed by atoms with Crippen LogP contribution in [0.2, 0.25) is 4.34 Å². The zero-order valence-corrected chi connectivity index (χ0v) is 15.4. The van der Waals surface area contributed by atoms with Gasteiger partial charge in [0.2, 0.25) is 5.91 Å². The predicted molar refractivity (Wildman–Crippen MR) is 101 cm³/mol. The van der Waals surface area contributed by atoms with E-state index in [1.807, 2.05) is 17.0 Å². The molecule has 1 amide bonds. The third-order valence-corrected chi connectivity index (χ3v) is 4.57. The lowest BCUT2D eigenvalue weighted by molar-refractivity contribution is -0.117. The Labute approximate surface area is 155 Å². The molecule has 2 aromatic rings. The molecule has 0 bridgehead atoms. The highest BCUT2D eigenvalue weighted by molar-refractivity contribution is 7.16. The summed E-state index contributed by atoms with van der Waals surface area (Å²) >= 11 is 7.44. The van der Waals surface area contributed by atoms with Crippen LogP contribution in [-0.2, 0) is 16.1 Å². The molecule has 5 nitrogen and oxygen atoms in total. The number of hydrogen-bond donors (Lipinski definition) is 1. The first-order chi connectivity index (χ1) is 12.0. The van der Waals surface area contributed by atoms with Gasteiger partial charge in [-0.3, -0.25) is 9.69 Å². The first kappa shape index (κ1) is 19.2. The van der Waals surface area contributed by atoms with E-state index in [0.717, 1.165) is 9.21 Å². The van der Waals surface area contributed by atoms with Crippen LogP contribution in [0.4, 0.5) is 5.69 Å². The Morgan fingerprint density at radius 3 is 2.56 bits per heavy atom. The number of ether oxygens (including phenoxy) is 1. The van der Waals surface area contributed by atoms with Gasteiger partial charge in [-0.05, 0) is 36.4 Å². The summed E-state index contributed by atoms with van der Waals surface area (Å²) in [7, 11) is 1.33. The van der Waals surface area contributed by atoms with Crippen molar-refractivity contribution in [3.05, 3.63) is 63.8 Å². The van der Waals surface area contributed by atoms with Crippen LogP contribution >= 0.6 is 22.9 Å². The number of carbonyl (C=O) groups is 2. The molecule has 0 radical (unpaired) electrons. The van der Waals surface area contributed by atoms with E-state index in [9.17, 15) is 9.59 Å². The number of amides is 1. The normalized spacial score (nSPS) is 10.5. The van der Waals surface area contributed by atoms with E-state index >= 15 is 0 Å². The molecule has 0 spiro atoms. The van der Waals surface area contributed by atoms with Gasteiger partial charge in [0, 0.05) is 23.7 Å². The molecule has 7 heteroatoms. The van der Waals surface area contributed by atoms with Gasteiger partial charge in [-0.1, -0.05) is 17.7 Å². The van der Waals surface area contributed by atoms with Gasteiger partial charge in [0.25, 0.3) is 0 Å². The quantitative estimate of drug-likeness (QED) is 0.560. The Kier molecular flexibility index (Phi) is 7.18. The summed E-state index contributed by atoms with van der Waals surface area (Å²) in [5, 5.41) is 2.82. The first-order valence-electron chi connectivity index (χ1n) is 7.57. The number of nitrogens with one attached hydrogen (secondary N) is 1. The fourth-order valence-corrected chi connectivity index (χ4v) is 3.37. The number of benzene rings is 1. The van der Waals surface area contributed by atoms with Gasteiger partial charge in [0.1, 0.15) is 0 Å². The summed E-state index contributed by atoms with van der Waals surface area (Å²) in [6, 6.07) is 10.3. The number of nitrogens with zero attached hydrogens (tertiary/aromatic N) is 1. The highest BCUT2D eigenvalue weighted by atomic mass is 35.5. The molecular weight excluding hydrogens is 360 g/mol. The number of carbonyl (C=O) groups excluding carboxylic acids is 2. The number of methoxy groups -OCH3 is 1. The van der Waals surface area contributed by atoms with Gasteiger partial charge in [-0.15, -0.1) is 17.9 Å². The van der Waals surface area contributed by atoms with E-state index < -0.39 is 5.97 Å². The van der Waals surface area contributed by atoms with Gasteiger partial charge in [0.15, 0.2) is 0 Å². The molecule has 2 rings (SSSR count). The molecule has 0 saturated carbocycles. The summed E-state index contributed by atoms with van der Waals surface area (Å²) in [4.78, 5) is 26.7. The van der Waals surface area contributed by atoms with Crippen molar-refractivity contribution in [1.82, 2.24) is 4.90 Å². The highest BCUT2D eigenvalue weighted by Crippen LogP contribution is 2.22. The van der Waals surface area contributed by atoms with Crippen LogP contribution in [0.25, 0.3) is 0 Å². The van der Waals surface area contributed by atoms with E-state index in [0.29, 0.717) is 24.3 Å². The lowest BCUT2D eigenvalue weighted by atomic mass is 10.2. The maximum absolute atomic E-state index is 12.3. The van der Waals surface area contributed by atoms with Crippen LogP contribution in [0.5, 0.6) is 0 Å². The molecule has 0 fully saturated rings. The fourth-order valence-electron chi connectivity index (χ4n) is 2.24. The van der Waals surface area contributed by atoms with Crippen molar-refractivity contribution >= 4 is 40.5 Å². The minimum absolute atomic E-state index is 0.143. The first-order valence-corrected chi connectivity index (χ1v) is 8.77. The molecule has 0 unspecified atom stereocenters. The van der Waals surface area contributed by atoms with E-state index in [2.05, 4.69) is 16.6 Å². The van der Waals surface area contributed by atoms with Crippen molar-refractivity contribution in [2.24, 2.45) is 0 Å². The Morgan fingerprint density at radius 1 is 1.28 bits per heavy atom. The molecule has 0 aliphatic carbocycles. The second-order valence-electron chi connectivity index (χ2n) is 5.28. The molecule has 1 aromatic heterocycles. The molecule has 0 atom stereocenters. The fraction of sp³-hybridized carbons (Fsp3) is 0.222. The molecule has 0 saturated heterocycles. The highest BCUT2D eigenvalue weighted by Gasteiger charge is 2.12. The third kappa shape index (κ3) is 6.01. The number of anilines is 1. The average molecular weight is 379 g/mol. The number of rotatable bonds is 8. The van der Waals surface area contributed by atoms with Crippen LogP contribution < -0.4 is 5.32 Å². The Balaban J connectivity index is 1.93. The van der Waals surface area contributed by atoms with Crippen LogP contribution in [0.15, 0.2) is 49.1 Å². The molecule has 1 N–H and O–H groups in total. The monoisotopic (exact) mass is 378 g/mol. The lowest BCUT2D eigenvalue weighted by Gasteiger charge is -2.19. The van der Waals surface area contributed by atoms with Crippen LogP contribution in [0, 0.1) is 0 Å². The minimum atomic E-state index is -0.412. The topological polar surface area (TPSA) is 58.6 Å². The van der Waals surface area contributed by atoms with Crippen LogP contribution in [0.1, 0.15) is 15.2 Å². The smallest absolute Gasteiger partial charge is 0.337 e. The van der Waals surface area contributed by atoms with Crippen LogP contribution in [0.3, 0.4) is 0 Å². The summed E-state index contributed by atoms with van der Waals surface area (Å²) in [6.07, 6.45) is 1.76. The van der Waals surface area contributed by atoms with Crippen molar-refractivity contribution in [1.29, 1.82) is 0 Å². The second kappa shape index (κ2) is 9.36. The van der Waals surface area contributed by atoms with Gasteiger partial charge in [-0.2, -0.15) is 0 Å². The van der Waals surface area contributed by atoms with E-state index in [-0.39, 0.29) is 12.5 Å². The van der Waals surface area contributed by atoms with Gasteiger partial charge >= 0.3 is 5.97 Å². The predicted octanol–water partition coefficient (Wildman–Crippen LogP) is 3.81. The number of hydrogen-bond acceptors (Lipinski definition) is 5. The maximum atomic E-state index is 12.3. The summed E-state index contributed by atoms with van der Waals surface area (Å²) in [6.45, 7) is 5.17. The number of esters is 1. The number of thiophene rings is 1. The van der Waals surface area contributed by atoms with Crippen molar-refractivity contribution < 1.29 is 14.3 Å². The van der Waals surface area contributed by atoms with Crippen molar-refractivity contribution in [2.75, 3.05) is 25.5 Å². The third-order valence-electron chi connectivity index (χ3n) is 3.35. The summed E-state index contributed by atoms with van der Waals surface area (Å²) in [5.41, 5.74) is 1.05. The molecule has 132 valence electrons. The van der Waals surface area contributed by atoms with Crippen molar-refractivity contribution in [3.8, 4) is 0 Å². The van der Waals surface area contributed by atoms with Gasteiger partial charge in [-0.25, -0.2) is 4.79 Å².